The van der Waals surface area contributed by atoms with Crippen molar-refractivity contribution in [2.75, 3.05) is 5.32 Å². The fraction of sp³-hybridized carbons (Fsp3) is 0.381. The van der Waals surface area contributed by atoms with Crippen molar-refractivity contribution in [1.29, 1.82) is 0 Å². The lowest BCUT2D eigenvalue weighted by atomic mass is 10.2. The molecule has 2 aromatic rings. The number of amides is 1. The van der Waals surface area contributed by atoms with Gasteiger partial charge in [0.15, 0.2) is 15.9 Å². The van der Waals surface area contributed by atoms with E-state index in [1.807, 2.05) is 19.1 Å². The molecule has 150 valence electrons. The number of ether oxygens (including phenoxy) is 1. The first kappa shape index (κ1) is 20.9. The third kappa shape index (κ3) is 4.75. The average molecular weight is 466 g/mol. The molecule has 1 fully saturated rings. The van der Waals surface area contributed by atoms with Crippen LogP contribution in [0.2, 0.25) is 0 Å². The summed E-state index contributed by atoms with van der Waals surface area (Å²) in [7, 11) is -3.36. The summed E-state index contributed by atoms with van der Waals surface area (Å²) in [6, 6.07) is 12.1. The molecule has 1 aliphatic carbocycles. The molecular weight excluding hydrogens is 442 g/mol. The highest BCUT2D eigenvalue weighted by atomic mass is 79.9. The molecule has 1 saturated carbocycles. The molecular formula is C21H24BrNO4S. The molecule has 1 unspecified atom stereocenters. The van der Waals surface area contributed by atoms with Crippen molar-refractivity contribution >= 4 is 37.4 Å². The van der Waals surface area contributed by atoms with Crippen molar-refractivity contribution in [1.82, 2.24) is 0 Å². The minimum atomic E-state index is -3.36. The topological polar surface area (TPSA) is 72.5 Å². The van der Waals surface area contributed by atoms with Gasteiger partial charge in [-0.25, -0.2) is 8.42 Å². The minimum Gasteiger partial charge on any atom is -0.480 e. The highest BCUT2D eigenvalue weighted by Crippen LogP contribution is 2.31. The summed E-state index contributed by atoms with van der Waals surface area (Å²) in [4.78, 5) is 12.8. The second kappa shape index (κ2) is 8.66. The zero-order valence-electron chi connectivity index (χ0n) is 15.9. The summed E-state index contributed by atoms with van der Waals surface area (Å²) in [6.45, 7) is 3.62. The molecule has 2 aromatic carbocycles. The van der Waals surface area contributed by atoms with E-state index in [0.29, 0.717) is 24.3 Å². The second-order valence-electron chi connectivity index (χ2n) is 7.16. The number of nitrogens with one attached hydrogen (secondary N) is 1. The Hall–Kier alpha value is -1.86. The van der Waals surface area contributed by atoms with Gasteiger partial charge in [-0.2, -0.15) is 0 Å². The molecule has 1 amide bonds. The Balaban J connectivity index is 1.70. The van der Waals surface area contributed by atoms with Crippen molar-refractivity contribution in [3.63, 3.8) is 0 Å². The van der Waals surface area contributed by atoms with Gasteiger partial charge in [-0.3, -0.25) is 4.79 Å². The average Bonchev–Trinajstić information content (AvgIpc) is 3.20. The number of rotatable bonds is 6. The van der Waals surface area contributed by atoms with Crippen LogP contribution < -0.4 is 10.1 Å². The van der Waals surface area contributed by atoms with Crippen LogP contribution in [0.1, 0.15) is 38.2 Å². The Morgan fingerprint density at radius 1 is 1.18 bits per heavy atom. The van der Waals surface area contributed by atoms with Crippen molar-refractivity contribution < 1.29 is 17.9 Å². The number of aryl methyl sites for hydroxylation is 1. The molecule has 7 heteroatoms. The maximum Gasteiger partial charge on any atom is 0.265 e. The Morgan fingerprint density at radius 2 is 1.89 bits per heavy atom. The quantitative estimate of drug-likeness (QED) is 0.659. The normalized spacial score (nSPS) is 16.0. The van der Waals surface area contributed by atoms with Gasteiger partial charge >= 0.3 is 0 Å². The summed E-state index contributed by atoms with van der Waals surface area (Å²) >= 11 is 3.43. The van der Waals surface area contributed by atoms with Crippen LogP contribution in [0.5, 0.6) is 5.75 Å². The third-order valence-electron chi connectivity index (χ3n) is 4.93. The van der Waals surface area contributed by atoms with Gasteiger partial charge in [-0.05, 0) is 78.5 Å². The molecule has 0 bridgehead atoms. The van der Waals surface area contributed by atoms with Gasteiger partial charge in [0.25, 0.3) is 5.91 Å². The number of benzene rings is 2. The SMILES string of the molecule is Cc1ccc(OC(C)C(=O)Nc2cccc(S(=O)(=O)C3CCCC3)c2)c(Br)c1. The van der Waals surface area contributed by atoms with Crippen LogP contribution in [0.15, 0.2) is 51.8 Å². The van der Waals surface area contributed by atoms with Crippen molar-refractivity contribution in [2.45, 2.75) is 55.8 Å². The molecule has 28 heavy (non-hydrogen) atoms. The lowest BCUT2D eigenvalue weighted by Crippen LogP contribution is -2.30. The lowest BCUT2D eigenvalue weighted by Gasteiger charge is -2.17. The van der Waals surface area contributed by atoms with E-state index in [1.54, 1.807) is 31.2 Å². The van der Waals surface area contributed by atoms with E-state index < -0.39 is 15.9 Å². The maximum absolute atomic E-state index is 12.8. The van der Waals surface area contributed by atoms with E-state index in [1.165, 1.54) is 6.07 Å². The smallest absolute Gasteiger partial charge is 0.265 e. The van der Waals surface area contributed by atoms with E-state index in [-0.39, 0.29) is 16.1 Å². The van der Waals surface area contributed by atoms with Crippen LogP contribution >= 0.6 is 15.9 Å². The van der Waals surface area contributed by atoms with Gasteiger partial charge < -0.3 is 10.1 Å². The van der Waals surface area contributed by atoms with Gasteiger partial charge in [0, 0.05) is 5.69 Å². The van der Waals surface area contributed by atoms with Crippen molar-refractivity contribution in [2.24, 2.45) is 0 Å². The number of halogens is 1. The first-order valence-electron chi connectivity index (χ1n) is 9.35. The highest BCUT2D eigenvalue weighted by Gasteiger charge is 2.30. The molecule has 3 rings (SSSR count). The number of carbonyl (C=O) groups is 1. The van der Waals surface area contributed by atoms with Gasteiger partial charge in [0.05, 0.1) is 14.6 Å². The highest BCUT2D eigenvalue weighted by molar-refractivity contribution is 9.10. The fourth-order valence-corrected chi connectivity index (χ4v) is 5.82. The zero-order chi connectivity index (χ0) is 20.3. The molecule has 0 spiro atoms. The minimum absolute atomic E-state index is 0.257. The summed E-state index contributed by atoms with van der Waals surface area (Å²) in [6.07, 6.45) is 2.56. The van der Waals surface area contributed by atoms with E-state index in [0.717, 1.165) is 22.9 Å². The van der Waals surface area contributed by atoms with Crippen LogP contribution in [-0.4, -0.2) is 25.7 Å². The molecule has 1 N–H and O–H groups in total. The number of sulfone groups is 1. The standard InChI is InChI=1S/C21H24BrNO4S/c1-14-10-11-20(19(22)12-14)27-15(2)21(24)23-16-6-5-9-18(13-16)28(25,26)17-7-3-4-8-17/h5-6,9-13,15,17H,3-4,7-8H2,1-2H3,(H,23,24). The predicted octanol–water partition coefficient (Wildman–Crippen LogP) is 4.88. The van der Waals surface area contributed by atoms with Crippen molar-refractivity contribution in [3.05, 3.63) is 52.5 Å². The summed E-state index contributed by atoms with van der Waals surface area (Å²) in [5.74, 6) is 0.230. The molecule has 0 heterocycles. The van der Waals surface area contributed by atoms with Gasteiger partial charge in [0.2, 0.25) is 0 Å². The van der Waals surface area contributed by atoms with Crippen LogP contribution in [0.25, 0.3) is 0 Å². The molecule has 5 nitrogen and oxygen atoms in total. The zero-order valence-corrected chi connectivity index (χ0v) is 18.3. The first-order valence-corrected chi connectivity index (χ1v) is 11.7. The largest absolute Gasteiger partial charge is 0.480 e. The Bertz CT molecular complexity index is 968. The van der Waals surface area contributed by atoms with E-state index in [9.17, 15) is 13.2 Å². The lowest BCUT2D eigenvalue weighted by molar-refractivity contribution is -0.122. The van der Waals surface area contributed by atoms with Gasteiger partial charge in [0.1, 0.15) is 5.75 Å². The maximum atomic E-state index is 12.8. The molecule has 1 atom stereocenters. The molecule has 0 aromatic heterocycles. The number of hydrogen-bond donors (Lipinski definition) is 1. The molecule has 0 saturated heterocycles. The van der Waals surface area contributed by atoms with Crippen LogP contribution in [-0.2, 0) is 14.6 Å². The summed E-state index contributed by atoms with van der Waals surface area (Å²) < 4.78 is 32.1. The van der Waals surface area contributed by atoms with Gasteiger partial charge in [-0.15, -0.1) is 0 Å². The number of carbonyl (C=O) groups excluding carboxylic acids is 1. The number of anilines is 1. The Labute approximate surface area is 174 Å². The van der Waals surface area contributed by atoms with Crippen molar-refractivity contribution in [3.8, 4) is 5.75 Å². The molecule has 0 radical (unpaired) electrons. The number of hydrogen-bond acceptors (Lipinski definition) is 4. The van der Waals surface area contributed by atoms with Gasteiger partial charge in [-0.1, -0.05) is 25.0 Å². The Morgan fingerprint density at radius 3 is 2.57 bits per heavy atom. The fourth-order valence-electron chi connectivity index (χ4n) is 3.33. The Kier molecular flexibility index (Phi) is 6.45. The monoisotopic (exact) mass is 465 g/mol. The first-order chi connectivity index (χ1) is 13.3. The summed E-state index contributed by atoms with van der Waals surface area (Å²) in [5, 5.41) is 2.43. The molecule has 1 aliphatic rings. The van der Waals surface area contributed by atoms with Crippen LogP contribution in [0.4, 0.5) is 5.69 Å². The molecule has 0 aliphatic heterocycles. The van der Waals surface area contributed by atoms with Crippen LogP contribution in [0, 0.1) is 6.92 Å². The van der Waals surface area contributed by atoms with Crippen LogP contribution in [0.3, 0.4) is 0 Å². The van der Waals surface area contributed by atoms with E-state index in [2.05, 4.69) is 21.2 Å². The van der Waals surface area contributed by atoms with E-state index in [4.69, 9.17) is 4.74 Å². The van der Waals surface area contributed by atoms with E-state index >= 15 is 0 Å². The second-order valence-corrected chi connectivity index (χ2v) is 10.2. The third-order valence-corrected chi connectivity index (χ3v) is 7.81. The predicted molar refractivity (Wildman–Crippen MR) is 113 cm³/mol. The summed E-state index contributed by atoms with van der Waals surface area (Å²) in [5.41, 5.74) is 1.53.